The van der Waals surface area contributed by atoms with E-state index >= 15 is 0 Å². The Labute approximate surface area is 188 Å². The Morgan fingerprint density at radius 3 is 2.82 bits per heavy atom. The third kappa shape index (κ3) is 6.31. The SMILES string of the molecule is CCNC(=NCc1csc(-c2ccc(OC)cc2)n1)N(C)CC1CCOC1.I. The number of ether oxygens (including phenoxy) is 2. The molecular formula is C20H29IN4O2S. The lowest BCUT2D eigenvalue weighted by Gasteiger charge is -2.24. The second-order valence-electron chi connectivity index (χ2n) is 6.65. The van der Waals surface area contributed by atoms with Gasteiger partial charge in [0.15, 0.2) is 5.96 Å². The topological polar surface area (TPSA) is 59.0 Å². The fraction of sp³-hybridized carbons (Fsp3) is 0.500. The standard InChI is InChI=1S/C20H28N4O2S.HI/c1-4-21-20(24(2)12-15-9-10-26-13-15)22-11-17-14-27-19(23-17)16-5-7-18(25-3)8-6-16;/h5-8,14-15H,4,9-13H2,1-3H3,(H,21,22);1H. The van der Waals surface area contributed by atoms with Crippen LogP contribution in [-0.4, -0.2) is 56.3 Å². The molecule has 0 bridgehead atoms. The van der Waals surface area contributed by atoms with Gasteiger partial charge in [-0.25, -0.2) is 9.98 Å². The summed E-state index contributed by atoms with van der Waals surface area (Å²) in [5, 5.41) is 6.46. The first-order valence-electron chi connectivity index (χ1n) is 9.35. The van der Waals surface area contributed by atoms with E-state index in [0.717, 1.165) is 60.7 Å². The van der Waals surface area contributed by atoms with Crippen LogP contribution in [0.15, 0.2) is 34.6 Å². The summed E-state index contributed by atoms with van der Waals surface area (Å²) in [4.78, 5) is 11.7. The molecule has 0 radical (unpaired) electrons. The van der Waals surface area contributed by atoms with Gasteiger partial charge in [-0.15, -0.1) is 35.3 Å². The molecule has 2 aromatic rings. The molecule has 1 aliphatic heterocycles. The lowest BCUT2D eigenvalue weighted by atomic mass is 10.1. The van der Waals surface area contributed by atoms with Gasteiger partial charge >= 0.3 is 0 Å². The van der Waals surface area contributed by atoms with E-state index in [1.54, 1.807) is 18.4 Å². The highest BCUT2D eigenvalue weighted by Crippen LogP contribution is 2.26. The van der Waals surface area contributed by atoms with Crippen molar-refractivity contribution >= 4 is 41.3 Å². The van der Waals surface area contributed by atoms with Gasteiger partial charge in [-0.1, -0.05) is 0 Å². The zero-order valence-corrected chi connectivity index (χ0v) is 19.8. The number of hydrogen-bond donors (Lipinski definition) is 1. The number of halogens is 1. The van der Waals surface area contributed by atoms with Crippen molar-refractivity contribution in [3.63, 3.8) is 0 Å². The van der Waals surface area contributed by atoms with Crippen molar-refractivity contribution in [1.82, 2.24) is 15.2 Å². The summed E-state index contributed by atoms with van der Waals surface area (Å²) in [6.45, 7) is 6.19. The number of aliphatic imine (C=N–C) groups is 1. The van der Waals surface area contributed by atoms with Gasteiger partial charge in [-0.05, 0) is 37.6 Å². The molecule has 0 aliphatic carbocycles. The number of hydrogen-bond acceptors (Lipinski definition) is 5. The Kier molecular flexibility index (Phi) is 9.46. The first-order chi connectivity index (χ1) is 13.2. The lowest BCUT2D eigenvalue weighted by molar-refractivity contribution is 0.181. The Bertz CT molecular complexity index is 745. The van der Waals surface area contributed by atoms with Crippen LogP contribution in [0.3, 0.4) is 0 Å². The van der Waals surface area contributed by atoms with Gasteiger partial charge in [0.1, 0.15) is 10.8 Å². The molecule has 8 heteroatoms. The molecule has 1 saturated heterocycles. The van der Waals surface area contributed by atoms with Crippen LogP contribution in [0.2, 0.25) is 0 Å². The van der Waals surface area contributed by atoms with Crippen LogP contribution in [0.1, 0.15) is 19.0 Å². The summed E-state index contributed by atoms with van der Waals surface area (Å²) >= 11 is 1.64. The van der Waals surface area contributed by atoms with E-state index in [1.807, 2.05) is 24.3 Å². The predicted octanol–water partition coefficient (Wildman–Crippen LogP) is 3.87. The smallest absolute Gasteiger partial charge is 0.194 e. The molecule has 1 aliphatic rings. The maximum atomic E-state index is 5.48. The molecule has 1 fully saturated rings. The average Bonchev–Trinajstić information content (AvgIpc) is 3.37. The van der Waals surface area contributed by atoms with Crippen LogP contribution in [0.25, 0.3) is 10.6 Å². The Balaban J connectivity index is 0.00000280. The van der Waals surface area contributed by atoms with Gasteiger partial charge < -0.3 is 19.7 Å². The van der Waals surface area contributed by atoms with E-state index in [-0.39, 0.29) is 24.0 Å². The molecule has 1 aromatic carbocycles. The highest BCUT2D eigenvalue weighted by atomic mass is 127. The van der Waals surface area contributed by atoms with Crippen LogP contribution >= 0.6 is 35.3 Å². The normalized spacial score (nSPS) is 16.5. The zero-order chi connectivity index (χ0) is 19.1. The van der Waals surface area contributed by atoms with Gasteiger partial charge in [0.05, 0.1) is 26.0 Å². The number of nitrogens with zero attached hydrogens (tertiary/aromatic N) is 3. The van der Waals surface area contributed by atoms with E-state index in [2.05, 4.69) is 29.6 Å². The van der Waals surface area contributed by atoms with Gasteiger partial charge in [0.25, 0.3) is 0 Å². The molecule has 154 valence electrons. The number of rotatable bonds is 7. The van der Waals surface area contributed by atoms with Gasteiger partial charge in [0.2, 0.25) is 0 Å². The molecule has 0 saturated carbocycles. The number of nitrogens with one attached hydrogen (secondary N) is 1. The molecule has 2 heterocycles. The molecule has 0 amide bonds. The highest BCUT2D eigenvalue weighted by molar-refractivity contribution is 14.0. The van der Waals surface area contributed by atoms with Crippen molar-refractivity contribution in [2.75, 3.05) is 40.5 Å². The fourth-order valence-electron chi connectivity index (χ4n) is 3.07. The number of methoxy groups -OCH3 is 1. The second kappa shape index (κ2) is 11.6. The monoisotopic (exact) mass is 516 g/mol. The van der Waals surface area contributed by atoms with E-state index in [1.165, 1.54) is 0 Å². The third-order valence-corrected chi connectivity index (χ3v) is 5.47. The quantitative estimate of drug-likeness (QED) is 0.344. The number of aromatic nitrogens is 1. The minimum absolute atomic E-state index is 0. The van der Waals surface area contributed by atoms with Crippen LogP contribution < -0.4 is 10.1 Å². The minimum Gasteiger partial charge on any atom is -0.497 e. The van der Waals surface area contributed by atoms with Crippen molar-refractivity contribution in [1.29, 1.82) is 0 Å². The number of thiazole rings is 1. The first-order valence-corrected chi connectivity index (χ1v) is 10.2. The first kappa shape index (κ1) is 22.9. The molecule has 6 nitrogen and oxygen atoms in total. The van der Waals surface area contributed by atoms with Crippen molar-refractivity contribution < 1.29 is 9.47 Å². The van der Waals surface area contributed by atoms with Gasteiger partial charge in [0, 0.05) is 43.6 Å². The van der Waals surface area contributed by atoms with Crippen molar-refractivity contribution in [3.05, 3.63) is 35.3 Å². The molecule has 1 unspecified atom stereocenters. The molecule has 28 heavy (non-hydrogen) atoms. The zero-order valence-electron chi connectivity index (χ0n) is 16.7. The van der Waals surface area contributed by atoms with E-state index < -0.39 is 0 Å². The van der Waals surface area contributed by atoms with Crippen molar-refractivity contribution in [3.8, 4) is 16.3 Å². The predicted molar refractivity (Wildman–Crippen MR) is 126 cm³/mol. The fourth-order valence-corrected chi connectivity index (χ4v) is 3.89. The maximum absolute atomic E-state index is 5.48. The Hall–Kier alpha value is -1.39. The van der Waals surface area contributed by atoms with E-state index in [4.69, 9.17) is 19.5 Å². The molecule has 3 rings (SSSR count). The molecule has 1 aromatic heterocycles. The number of guanidine groups is 1. The summed E-state index contributed by atoms with van der Waals surface area (Å²) < 4.78 is 10.7. The highest BCUT2D eigenvalue weighted by Gasteiger charge is 2.19. The van der Waals surface area contributed by atoms with Crippen LogP contribution in [-0.2, 0) is 11.3 Å². The van der Waals surface area contributed by atoms with Crippen molar-refractivity contribution in [2.24, 2.45) is 10.9 Å². The lowest BCUT2D eigenvalue weighted by Crippen LogP contribution is -2.41. The Morgan fingerprint density at radius 2 is 2.18 bits per heavy atom. The Morgan fingerprint density at radius 1 is 1.39 bits per heavy atom. The van der Waals surface area contributed by atoms with E-state index in [0.29, 0.717) is 12.5 Å². The van der Waals surface area contributed by atoms with Crippen LogP contribution in [0.5, 0.6) is 5.75 Å². The number of benzene rings is 1. The minimum atomic E-state index is 0. The molecular weight excluding hydrogens is 487 g/mol. The summed E-state index contributed by atoms with van der Waals surface area (Å²) in [5.41, 5.74) is 2.08. The molecule has 1 atom stereocenters. The van der Waals surface area contributed by atoms with Gasteiger partial charge in [-0.3, -0.25) is 0 Å². The van der Waals surface area contributed by atoms with Crippen molar-refractivity contribution in [2.45, 2.75) is 19.9 Å². The summed E-state index contributed by atoms with van der Waals surface area (Å²) in [6.07, 6.45) is 1.13. The largest absolute Gasteiger partial charge is 0.497 e. The summed E-state index contributed by atoms with van der Waals surface area (Å²) in [5.74, 6) is 2.36. The summed E-state index contributed by atoms with van der Waals surface area (Å²) in [6, 6.07) is 7.98. The third-order valence-electron chi connectivity index (χ3n) is 4.53. The van der Waals surface area contributed by atoms with Gasteiger partial charge in [-0.2, -0.15) is 0 Å². The van der Waals surface area contributed by atoms with Crippen LogP contribution in [0, 0.1) is 5.92 Å². The second-order valence-corrected chi connectivity index (χ2v) is 7.51. The summed E-state index contributed by atoms with van der Waals surface area (Å²) in [7, 11) is 3.76. The molecule has 0 spiro atoms. The molecule has 1 N–H and O–H groups in total. The average molecular weight is 516 g/mol. The van der Waals surface area contributed by atoms with E-state index in [9.17, 15) is 0 Å². The maximum Gasteiger partial charge on any atom is 0.194 e. The van der Waals surface area contributed by atoms with Crippen LogP contribution in [0.4, 0.5) is 0 Å².